The molecule has 2 N–H and O–H groups in total. The monoisotopic (exact) mass is 255 g/mol. The van der Waals surface area contributed by atoms with E-state index in [4.69, 9.17) is 17.3 Å². The van der Waals surface area contributed by atoms with Gasteiger partial charge in [0.05, 0.1) is 0 Å². The van der Waals surface area contributed by atoms with Gasteiger partial charge in [0.2, 0.25) is 0 Å². The molecule has 0 saturated carbocycles. The van der Waals surface area contributed by atoms with E-state index < -0.39 is 24.5 Å². The molecule has 90 valence electrons. The third kappa shape index (κ3) is 3.64. The molecule has 0 heterocycles. The number of nitrogens with two attached hydrogens (primary N) is 1. The molecule has 0 aliphatic carbocycles. The molecule has 1 atom stereocenters. The molecule has 1 unspecified atom stereocenters. The molecular weight excluding hydrogens is 246 g/mol. The maximum Gasteiger partial charge on any atom is 0.389 e. The Hall–Kier alpha value is -0.810. The first-order valence-electron chi connectivity index (χ1n) is 4.57. The van der Waals surface area contributed by atoms with Gasteiger partial charge in [0, 0.05) is 23.0 Å². The second kappa shape index (κ2) is 5.01. The normalized spacial score (nSPS) is 13.9. The average molecular weight is 256 g/mol. The first kappa shape index (κ1) is 13.3. The first-order chi connectivity index (χ1) is 7.31. The number of alkyl halides is 3. The lowest BCUT2D eigenvalue weighted by Gasteiger charge is -2.15. The summed E-state index contributed by atoms with van der Waals surface area (Å²) >= 11 is 5.67. The highest BCUT2D eigenvalue weighted by Gasteiger charge is 2.28. The molecule has 1 aromatic rings. The maximum atomic E-state index is 13.3. The van der Waals surface area contributed by atoms with E-state index in [0.29, 0.717) is 0 Å². The predicted molar refractivity (Wildman–Crippen MR) is 53.6 cm³/mol. The topological polar surface area (TPSA) is 26.0 Å². The van der Waals surface area contributed by atoms with Gasteiger partial charge in [-0.25, -0.2) is 4.39 Å². The average Bonchev–Trinajstić information content (AvgIpc) is 2.13. The van der Waals surface area contributed by atoms with Crippen LogP contribution < -0.4 is 5.73 Å². The first-order valence-corrected chi connectivity index (χ1v) is 4.95. The molecular formula is C10H10ClF4N. The Balaban J connectivity index is 2.77. The highest BCUT2D eigenvalue weighted by Crippen LogP contribution is 2.30. The van der Waals surface area contributed by atoms with Crippen LogP contribution in [0.2, 0.25) is 5.02 Å². The predicted octanol–water partition coefficient (Wildman–Crippen LogP) is 3.82. The Bertz CT molecular complexity index is 344. The van der Waals surface area contributed by atoms with Crippen molar-refractivity contribution in [1.82, 2.24) is 0 Å². The zero-order valence-electron chi connectivity index (χ0n) is 8.19. The molecule has 1 aromatic carbocycles. The molecule has 0 amide bonds. The quantitative estimate of drug-likeness (QED) is 0.817. The number of hydrogen-bond acceptors (Lipinski definition) is 1. The van der Waals surface area contributed by atoms with E-state index in [2.05, 4.69) is 0 Å². The van der Waals surface area contributed by atoms with Crippen molar-refractivity contribution >= 4 is 11.6 Å². The van der Waals surface area contributed by atoms with Crippen LogP contribution in [0.25, 0.3) is 0 Å². The fraction of sp³-hybridized carbons (Fsp3) is 0.400. The molecule has 1 nitrogen and oxygen atoms in total. The summed E-state index contributed by atoms with van der Waals surface area (Å²) < 4.78 is 49.1. The zero-order chi connectivity index (χ0) is 12.3. The van der Waals surface area contributed by atoms with Crippen molar-refractivity contribution < 1.29 is 17.6 Å². The number of halogens is 5. The van der Waals surface area contributed by atoms with Gasteiger partial charge in [-0.1, -0.05) is 17.7 Å². The summed E-state index contributed by atoms with van der Waals surface area (Å²) in [5, 5.41) is 0.0506. The summed E-state index contributed by atoms with van der Waals surface area (Å²) in [5.41, 5.74) is 5.42. The van der Waals surface area contributed by atoms with Crippen LogP contribution in [0.3, 0.4) is 0 Å². The summed E-state index contributed by atoms with van der Waals surface area (Å²) in [6.45, 7) is 0. The Morgan fingerprint density at radius 3 is 2.44 bits per heavy atom. The van der Waals surface area contributed by atoms with Crippen molar-refractivity contribution in [3.63, 3.8) is 0 Å². The van der Waals surface area contributed by atoms with Crippen LogP contribution in [0.5, 0.6) is 0 Å². The van der Waals surface area contributed by atoms with Crippen molar-refractivity contribution in [1.29, 1.82) is 0 Å². The second-order valence-electron chi connectivity index (χ2n) is 3.40. The lowest BCUT2D eigenvalue weighted by Crippen LogP contribution is -2.17. The summed E-state index contributed by atoms with van der Waals surface area (Å²) in [6.07, 6.45) is -5.74. The van der Waals surface area contributed by atoms with Gasteiger partial charge < -0.3 is 5.73 Å². The number of hydrogen-bond donors (Lipinski definition) is 1. The van der Waals surface area contributed by atoms with Crippen LogP contribution in [-0.4, -0.2) is 6.18 Å². The van der Waals surface area contributed by atoms with Gasteiger partial charge in [-0.15, -0.1) is 0 Å². The van der Waals surface area contributed by atoms with Crippen molar-refractivity contribution in [3.8, 4) is 0 Å². The number of benzene rings is 1. The minimum Gasteiger partial charge on any atom is -0.324 e. The van der Waals surface area contributed by atoms with Crippen LogP contribution >= 0.6 is 11.6 Å². The molecule has 0 radical (unpaired) electrons. The summed E-state index contributed by atoms with van der Waals surface area (Å²) in [5.74, 6) is -0.679. The van der Waals surface area contributed by atoms with Gasteiger partial charge in [-0.3, -0.25) is 0 Å². The smallest absolute Gasteiger partial charge is 0.324 e. The fourth-order valence-electron chi connectivity index (χ4n) is 1.33. The molecule has 0 saturated heterocycles. The van der Waals surface area contributed by atoms with E-state index in [1.165, 1.54) is 12.1 Å². The highest BCUT2D eigenvalue weighted by atomic mass is 35.5. The summed E-state index contributed by atoms with van der Waals surface area (Å²) in [4.78, 5) is 0. The molecule has 0 bridgehead atoms. The molecule has 0 spiro atoms. The van der Waals surface area contributed by atoms with Gasteiger partial charge in [0.25, 0.3) is 0 Å². The van der Waals surface area contributed by atoms with Crippen LogP contribution in [0.1, 0.15) is 24.4 Å². The Labute approximate surface area is 95.2 Å². The SMILES string of the molecule is NC(CCC(F)(F)F)c1c(F)cccc1Cl. The van der Waals surface area contributed by atoms with Gasteiger partial charge >= 0.3 is 6.18 Å². The van der Waals surface area contributed by atoms with E-state index in [1.807, 2.05) is 0 Å². The third-order valence-electron chi connectivity index (χ3n) is 2.11. The van der Waals surface area contributed by atoms with E-state index in [1.54, 1.807) is 0 Å². The molecule has 0 fully saturated rings. The minimum atomic E-state index is -4.30. The number of rotatable bonds is 3. The van der Waals surface area contributed by atoms with Crippen LogP contribution in [0, 0.1) is 5.82 Å². The van der Waals surface area contributed by atoms with E-state index in [9.17, 15) is 17.6 Å². The minimum absolute atomic E-state index is 0.0506. The molecule has 1 rings (SSSR count). The fourth-order valence-corrected chi connectivity index (χ4v) is 1.63. The molecule has 16 heavy (non-hydrogen) atoms. The largest absolute Gasteiger partial charge is 0.389 e. The summed E-state index contributed by atoms with van der Waals surface area (Å²) in [7, 11) is 0. The molecule has 0 aliphatic heterocycles. The Morgan fingerprint density at radius 2 is 1.94 bits per heavy atom. The Morgan fingerprint density at radius 1 is 1.31 bits per heavy atom. The standard InChI is InChI=1S/C10H10ClF4N/c11-6-2-1-3-7(12)9(6)8(16)4-5-10(13,14)15/h1-3,8H,4-5,16H2. The van der Waals surface area contributed by atoms with Crippen molar-refractivity contribution in [2.75, 3.05) is 0 Å². The molecule has 6 heteroatoms. The van der Waals surface area contributed by atoms with Crippen molar-refractivity contribution in [2.45, 2.75) is 25.1 Å². The van der Waals surface area contributed by atoms with Gasteiger partial charge in [-0.2, -0.15) is 13.2 Å². The van der Waals surface area contributed by atoms with Gasteiger partial charge in [0.15, 0.2) is 0 Å². The van der Waals surface area contributed by atoms with Gasteiger partial charge in [-0.05, 0) is 18.6 Å². The van der Waals surface area contributed by atoms with Crippen molar-refractivity contribution in [2.24, 2.45) is 5.73 Å². The van der Waals surface area contributed by atoms with E-state index in [-0.39, 0.29) is 17.0 Å². The van der Waals surface area contributed by atoms with Gasteiger partial charge in [0.1, 0.15) is 5.82 Å². The zero-order valence-corrected chi connectivity index (χ0v) is 8.95. The molecule has 0 aromatic heterocycles. The van der Waals surface area contributed by atoms with E-state index in [0.717, 1.165) is 6.07 Å². The third-order valence-corrected chi connectivity index (χ3v) is 2.44. The lowest BCUT2D eigenvalue weighted by molar-refractivity contribution is -0.136. The lowest BCUT2D eigenvalue weighted by atomic mass is 10.0. The molecule has 0 aliphatic rings. The van der Waals surface area contributed by atoms with Crippen LogP contribution in [0.4, 0.5) is 17.6 Å². The summed E-state index contributed by atoms with van der Waals surface area (Å²) in [6, 6.07) is 2.84. The van der Waals surface area contributed by atoms with Crippen LogP contribution in [-0.2, 0) is 0 Å². The van der Waals surface area contributed by atoms with E-state index >= 15 is 0 Å². The van der Waals surface area contributed by atoms with Crippen LogP contribution in [0.15, 0.2) is 18.2 Å². The maximum absolute atomic E-state index is 13.3. The highest BCUT2D eigenvalue weighted by molar-refractivity contribution is 6.31. The second-order valence-corrected chi connectivity index (χ2v) is 3.80. The van der Waals surface area contributed by atoms with Crippen molar-refractivity contribution in [3.05, 3.63) is 34.6 Å². The Kier molecular flexibility index (Phi) is 4.15.